The fourth-order valence-corrected chi connectivity index (χ4v) is 1.27. The predicted molar refractivity (Wildman–Crippen MR) is 43.8 cm³/mol. The van der Waals surface area contributed by atoms with Gasteiger partial charge in [-0.1, -0.05) is 24.3 Å². The van der Waals surface area contributed by atoms with Crippen LogP contribution in [0.25, 0.3) is 6.08 Å². The lowest BCUT2D eigenvalue weighted by Crippen LogP contribution is -1.88. The van der Waals surface area contributed by atoms with Gasteiger partial charge in [0.1, 0.15) is 0 Å². The molecule has 0 bridgehead atoms. The Labute approximate surface area is 63.7 Å². The van der Waals surface area contributed by atoms with Crippen molar-refractivity contribution in [3.8, 4) is 0 Å². The van der Waals surface area contributed by atoms with Crippen molar-refractivity contribution in [2.75, 3.05) is 0 Å². The molecule has 1 rings (SSSR count). The van der Waals surface area contributed by atoms with E-state index >= 15 is 0 Å². The first kappa shape index (κ1) is 7.28. The minimum Gasteiger partial charge on any atom is -0.337 e. The fraction of sp³-hybridized carbons (Fsp3) is 0.286. The summed E-state index contributed by atoms with van der Waals surface area (Å²) in [5.74, 6) is 0. The number of thiazole rings is 1. The van der Waals surface area contributed by atoms with Gasteiger partial charge < -0.3 is 4.98 Å². The summed E-state index contributed by atoms with van der Waals surface area (Å²) in [6.07, 6.45) is 7.00. The molecule has 0 radical (unpaired) electrons. The van der Waals surface area contributed by atoms with Crippen LogP contribution in [0.15, 0.2) is 12.3 Å². The minimum absolute atomic E-state index is 0.510. The van der Waals surface area contributed by atoms with E-state index in [9.17, 15) is 0 Å². The van der Waals surface area contributed by atoms with Crippen LogP contribution in [0.1, 0.15) is 18.2 Å². The van der Waals surface area contributed by atoms with E-state index in [1.54, 1.807) is 0 Å². The summed E-state index contributed by atoms with van der Waals surface area (Å²) in [5, 5.41) is 7.18. The molecule has 0 spiro atoms. The third-order valence-electron chi connectivity index (χ3n) is 1.08. The topological polar surface area (TPSA) is 39.6 Å². The standard InChI is InChI=1S/C7H10N2S/c1-2-3-4-6-5-9-7(8)10-6/h3-5H,2H2,1H3,(H2,8,9)/b4-3+. The molecule has 0 saturated carbocycles. The molecule has 0 aliphatic heterocycles. The molecular weight excluding hydrogens is 144 g/mol. The zero-order chi connectivity index (χ0) is 7.40. The van der Waals surface area contributed by atoms with Gasteiger partial charge in [-0.05, 0) is 12.5 Å². The highest BCUT2D eigenvalue weighted by Gasteiger charge is 1.86. The number of allylic oxidation sites excluding steroid dienone is 1. The Hall–Kier alpha value is -0.830. The number of hydrogen-bond donors (Lipinski definition) is 2. The molecule has 1 aromatic heterocycles. The summed E-state index contributed by atoms with van der Waals surface area (Å²) in [5.41, 5.74) is 0. The van der Waals surface area contributed by atoms with E-state index in [1.807, 2.05) is 12.3 Å². The van der Waals surface area contributed by atoms with Gasteiger partial charge in [0, 0.05) is 11.1 Å². The normalized spacial score (nSPS) is 10.9. The largest absolute Gasteiger partial charge is 0.337 e. The maximum atomic E-state index is 7.18. The van der Waals surface area contributed by atoms with Crippen molar-refractivity contribution in [2.24, 2.45) is 0 Å². The number of nitrogens with one attached hydrogen (secondary N) is 2. The average Bonchev–Trinajstić information content (AvgIpc) is 2.31. The van der Waals surface area contributed by atoms with Crippen molar-refractivity contribution in [1.29, 1.82) is 5.41 Å². The SMILES string of the molecule is CC/C=C/c1c[nH]c(=N)s1. The van der Waals surface area contributed by atoms with Crippen molar-refractivity contribution in [3.05, 3.63) is 22.0 Å². The number of H-pyrrole nitrogens is 1. The summed E-state index contributed by atoms with van der Waals surface area (Å²) in [7, 11) is 0. The van der Waals surface area contributed by atoms with Crippen LogP contribution >= 0.6 is 11.3 Å². The van der Waals surface area contributed by atoms with Gasteiger partial charge in [0.05, 0.1) is 0 Å². The molecule has 0 saturated heterocycles. The molecule has 10 heavy (non-hydrogen) atoms. The van der Waals surface area contributed by atoms with Crippen LogP contribution in [0.3, 0.4) is 0 Å². The van der Waals surface area contributed by atoms with Gasteiger partial charge in [-0.15, -0.1) is 0 Å². The summed E-state index contributed by atoms with van der Waals surface area (Å²) in [4.78, 5) is 4.44. The van der Waals surface area contributed by atoms with Gasteiger partial charge in [-0.3, -0.25) is 5.41 Å². The molecule has 1 heterocycles. The Morgan fingerprint density at radius 3 is 3.10 bits per heavy atom. The van der Waals surface area contributed by atoms with E-state index < -0.39 is 0 Å². The molecule has 0 atom stereocenters. The van der Waals surface area contributed by atoms with Gasteiger partial charge in [0.15, 0.2) is 4.80 Å². The maximum Gasteiger partial charge on any atom is 0.179 e. The van der Waals surface area contributed by atoms with Crippen molar-refractivity contribution in [1.82, 2.24) is 4.98 Å². The Morgan fingerprint density at radius 2 is 2.60 bits per heavy atom. The molecule has 0 aliphatic carbocycles. The third-order valence-corrected chi connectivity index (χ3v) is 1.89. The van der Waals surface area contributed by atoms with Crippen molar-refractivity contribution in [3.63, 3.8) is 0 Å². The van der Waals surface area contributed by atoms with Crippen LogP contribution in [0.4, 0.5) is 0 Å². The number of rotatable bonds is 2. The first-order valence-electron chi connectivity index (χ1n) is 3.22. The van der Waals surface area contributed by atoms with Gasteiger partial charge >= 0.3 is 0 Å². The van der Waals surface area contributed by atoms with Crippen LogP contribution in [0.2, 0.25) is 0 Å². The van der Waals surface area contributed by atoms with Crippen LogP contribution < -0.4 is 4.80 Å². The Bertz CT molecular complexity index is 269. The van der Waals surface area contributed by atoms with Gasteiger partial charge in [-0.2, -0.15) is 0 Å². The fourth-order valence-electron chi connectivity index (χ4n) is 0.630. The highest BCUT2D eigenvalue weighted by molar-refractivity contribution is 7.10. The molecule has 0 unspecified atom stereocenters. The number of aromatic amines is 1. The predicted octanol–water partition coefficient (Wildman–Crippen LogP) is 1.98. The smallest absolute Gasteiger partial charge is 0.179 e. The molecule has 1 aromatic rings. The van der Waals surface area contributed by atoms with E-state index in [0.717, 1.165) is 11.3 Å². The van der Waals surface area contributed by atoms with Gasteiger partial charge in [0.2, 0.25) is 0 Å². The summed E-state index contributed by atoms with van der Waals surface area (Å²) in [6, 6.07) is 0. The van der Waals surface area contributed by atoms with Gasteiger partial charge in [0.25, 0.3) is 0 Å². The average molecular weight is 154 g/mol. The molecule has 0 aromatic carbocycles. The summed E-state index contributed by atoms with van der Waals surface area (Å²) >= 11 is 1.45. The van der Waals surface area contributed by atoms with E-state index in [4.69, 9.17) is 5.41 Å². The molecule has 0 amide bonds. The number of hydrogen-bond acceptors (Lipinski definition) is 2. The van der Waals surface area contributed by atoms with Crippen molar-refractivity contribution < 1.29 is 0 Å². The van der Waals surface area contributed by atoms with Gasteiger partial charge in [-0.25, -0.2) is 0 Å². The Morgan fingerprint density at radius 1 is 1.80 bits per heavy atom. The van der Waals surface area contributed by atoms with Crippen LogP contribution in [0, 0.1) is 5.41 Å². The van der Waals surface area contributed by atoms with E-state index in [2.05, 4.69) is 18.0 Å². The molecule has 0 aliphatic rings. The van der Waals surface area contributed by atoms with Crippen LogP contribution in [0.5, 0.6) is 0 Å². The molecule has 54 valence electrons. The quantitative estimate of drug-likeness (QED) is 0.654. The minimum atomic E-state index is 0.510. The summed E-state index contributed by atoms with van der Waals surface area (Å²) in [6.45, 7) is 2.09. The molecular formula is C7H10N2S. The lowest BCUT2D eigenvalue weighted by atomic mass is 10.4. The second kappa shape index (κ2) is 3.37. The second-order valence-electron chi connectivity index (χ2n) is 1.93. The van der Waals surface area contributed by atoms with E-state index in [0.29, 0.717) is 4.80 Å². The molecule has 2 N–H and O–H groups in total. The molecule has 2 nitrogen and oxygen atoms in total. The Kier molecular flexibility index (Phi) is 2.45. The zero-order valence-corrected chi connectivity index (χ0v) is 6.66. The second-order valence-corrected chi connectivity index (χ2v) is 3.02. The monoisotopic (exact) mass is 154 g/mol. The highest BCUT2D eigenvalue weighted by atomic mass is 32.1. The van der Waals surface area contributed by atoms with Crippen LogP contribution in [-0.2, 0) is 0 Å². The lowest BCUT2D eigenvalue weighted by Gasteiger charge is -1.77. The Balaban J connectivity index is 2.76. The first-order valence-corrected chi connectivity index (χ1v) is 4.04. The first-order chi connectivity index (χ1) is 4.83. The van der Waals surface area contributed by atoms with Crippen molar-refractivity contribution >= 4 is 17.4 Å². The van der Waals surface area contributed by atoms with E-state index in [1.165, 1.54) is 11.3 Å². The number of aromatic nitrogens is 1. The highest BCUT2D eigenvalue weighted by Crippen LogP contribution is 2.02. The van der Waals surface area contributed by atoms with E-state index in [-0.39, 0.29) is 0 Å². The van der Waals surface area contributed by atoms with Crippen LogP contribution in [-0.4, -0.2) is 4.98 Å². The maximum absolute atomic E-state index is 7.18. The lowest BCUT2D eigenvalue weighted by molar-refractivity contribution is 1.18. The molecule has 0 fully saturated rings. The third kappa shape index (κ3) is 1.84. The molecule has 3 heteroatoms. The van der Waals surface area contributed by atoms with Crippen molar-refractivity contribution in [2.45, 2.75) is 13.3 Å². The zero-order valence-electron chi connectivity index (χ0n) is 5.85. The summed E-state index contributed by atoms with van der Waals surface area (Å²) < 4.78 is 0.